The van der Waals surface area contributed by atoms with Gasteiger partial charge in [-0.1, -0.05) is 18.2 Å². The minimum atomic E-state index is -0.504. The van der Waals surface area contributed by atoms with Crippen molar-refractivity contribution in [1.29, 1.82) is 0 Å². The second-order valence-electron chi connectivity index (χ2n) is 8.32. The zero-order valence-corrected chi connectivity index (χ0v) is 20.5. The van der Waals surface area contributed by atoms with E-state index in [1.165, 1.54) is 7.11 Å². The molecule has 3 amide bonds. The van der Waals surface area contributed by atoms with Gasteiger partial charge in [-0.2, -0.15) is 5.10 Å². The largest absolute Gasteiger partial charge is 0.496 e. The van der Waals surface area contributed by atoms with Gasteiger partial charge in [0.25, 0.3) is 5.91 Å². The Morgan fingerprint density at radius 2 is 1.94 bits per heavy atom. The van der Waals surface area contributed by atoms with Crippen molar-refractivity contribution in [3.63, 3.8) is 0 Å². The van der Waals surface area contributed by atoms with E-state index in [9.17, 15) is 14.4 Å². The highest BCUT2D eigenvalue weighted by atomic mass is 16.5. The Morgan fingerprint density at radius 3 is 2.67 bits per heavy atom. The Hall–Kier alpha value is -4.34. The van der Waals surface area contributed by atoms with E-state index in [2.05, 4.69) is 10.4 Å². The lowest BCUT2D eigenvalue weighted by atomic mass is 10.1. The predicted molar refractivity (Wildman–Crippen MR) is 133 cm³/mol. The van der Waals surface area contributed by atoms with Crippen molar-refractivity contribution in [2.24, 2.45) is 0 Å². The number of anilines is 1. The average Bonchev–Trinajstić information content (AvgIpc) is 3.39. The van der Waals surface area contributed by atoms with Gasteiger partial charge in [0.15, 0.2) is 0 Å². The number of methoxy groups -OCH3 is 1. The number of nitrogens with one attached hydrogen (secondary N) is 1. The van der Waals surface area contributed by atoms with E-state index in [1.807, 2.05) is 49.5 Å². The zero-order chi connectivity index (χ0) is 25.7. The van der Waals surface area contributed by atoms with Crippen molar-refractivity contribution in [3.05, 3.63) is 72.1 Å². The summed E-state index contributed by atoms with van der Waals surface area (Å²) in [6.45, 7) is 4.14. The first-order valence-electron chi connectivity index (χ1n) is 11.7. The summed E-state index contributed by atoms with van der Waals surface area (Å²) in [5.74, 6) is -0.324. The molecule has 0 saturated heterocycles. The van der Waals surface area contributed by atoms with E-state index in [1.54, 1.807) is 39.7 Å². The second-order valence-corrected chi connectivity index (χ2v) is 8.32. The maximum absolute atomic E-state index is 13.8. The standard InChI is InChI=1S/C26H29N5O5/c1-4-36-24(32)15-27-26(34)29-17-19-8-5-6-9-22(19)30(16-18(29)2)25(33)21-11-10-20(14-23(21)35-3)31-13-7-12-28-31/h5-14,18H,4,15-17H2,1-3H3,(H,27,34)/t18-/m1/s1. The highest BCUT2D eigenvalue weighted by Crippen LogP contribution is 2.31. The fourth-order valence-corrected chi connectivity index (χ4v) is 4.20. The number of para-hydroxylation sites is 1. The van der Waals surface area contributed by atoms with Crippen LogP contribution in [0.3, 0.4) is 0 Å². The van der Waals surface area contributed by atoms with Crippen LogP contribution >= 0.6 is 0 Å². The third-order valence-corrected chi connectivity index (χ3v) is 5.98. The number of nitrogens with zero attached hydrogens (tertiary/aromatic N) is 4. The summed E-state index contributed by atoms with van der Waals surface area (Å²) >= 11 is 0. The number of amides is 3. The molecule has 0 fully saturated rings. The molecule has 0 bridgehead atoms. The Labute approximate surface area is 209 Å². The molecule has 10 nitrogen and oxygen atoms in total. The highest BCUT2D eigenvalue weighted by Gasteiger charge is 2.32. The van der Waals surface area contributed by atoms with Crippen molar-refractivity contribution in [2.45, 2.75) is 26.4 Å². The molecule has 10 heteroatoms. The molecule has 1 atom stereocenters. The lowest BCUT2D eigenvalue weighted by Gasteiger charge is -2.29. The highest BCUT2D eigenvalue weighted by molar-refractivity contribution is 6.08. The fourth-order valence-electron chi connectivity index (χ4n) is 4.20. The molecule has 36 heavy (non-hydrogen) atoms. The van der Waals surface area contributed by atoms with Gasteiger partial charge in [0, 0.05) is 43.3 Å². The molecular formula is C26H29N5O5. The maximum Gasteiger partial charge on any atom is 0.325 e. The molecule has 0 saturated carbocycles. The Morgan fingerprint density at radius 1 is 1.14 bits per heavy atom. The number of urea groups is 1. The van der Waals surface area contributed by atoms with Crippen molar-refractivity contribution < 1.29 is 23.9 Å². The molecule has 0 spiro atoms. The summed E-state index contributed by atoms with van der Waals surface area (Å²) in [4.78, 5) is 41.8. The molecule has 2 aromatic carbocycles. The molecule has 0 radical (unpaired) electrons. The van der Waals surface area contributed by atoms with E-state index in [0.717, 1.165) is 11.3 Å². The zero-order valence-electron chi connectivity index (χ0n) is 20.5. The Bertz CT molecular complexity index is 1240. The fraction of sp³-hybridized carbons (Fsp3) is 0.308. The van der Waals surface area contributed by atoms with Gasteiger partial charge in [-0.25, -0.2) is 9.48 Å². The minimum Gasteiger partial charge on any atom is -0.496 e. The van der Waals surface area contributed by atoms with Gasteiger partial charge in [0.1, 0.15) is 12.3 Å². The molecule has 1 aromatic heterocycles. The summed E-state index contributed by atoms with van der Waals surface area (Å²) in [5.41, 5.74) is 2.69. The van der Waals surface area contributed by atoms with Crippen LogP contribution in [0.5, 0.6) is 5.75 Å². The SMILES string of the molecule is CCOC(=O)CNC(=O)N1Cc2ccccc2N(C(=O)c2ccc(-n3cccn3)cc2OC)C[C@H]1C. The number of carbonyl (C=O) groups is 3. The third-order valence-electron chi connectivity index (χ3n) is 5.98. The molecular weight excluding hydrogens is 462 g/mol. The second kappa shape index (κ2) is 10.9. The smallest absolute Gasteiger partial charge is 0.325 e. The Balaban J connectivity index is 1.61. The predicted octanol–water partition coefficient (Wildman–Crippen LogP) is 3.00. The van der Waals surface area contributed by atoms with Gasteiger partial charge in [-0.15, -0.1) is 0 Å². The quantitative estimate of drug-likeness (QED) is 0.532. The van der Waals surface area contributed by atoms with Crippen LogP contribution in [0.25, 0.3) is 5.69 Å². The molecule has 4 rings (SSSR count). The van der Waals surface area contributed by atoms with E-state index in [4.69, 9.17) is 9.47 Å². The monoisotopic (exact) mass is 491 g/mol. The first-order valence-corrected chi connectivity index (χ1v) is 11.7. The lowest BCUT2D eigenvalue weighted by molar-refractivity contribution is -0.141. The van der Waals surface area contributed by atoms with E-state index in [0.29, 0.717) is 17.0 Å². The van der Waals surface area contributed by atoms with Gasteiger partial charge in [-0.05, 0) is 43.7 Å². The van der Waals surface area contributed by atoms with Gasteiger partial charge in [0.05, 0.1) is 25.0 Å². The molecule has 0 aliphatic carbocycles. The molecule has 1 N–H and O–H groups in total. The van der Waals surface area contributed by atoms with Crippen LogP contribution in [0.2, 0.25) is 0 Å². The lowest BCUT2D eigenvalue weighted by Crippen LogP contribution is -2.49. The number of fused-ring (bicyclic) bond motifs is 1. The molecule has 3 aromatic rings. The average molecular weight is 492 g/mol. The van der Waals surface area contributed by atoms with Crippen LogP contribution in [0.15, 0.2) is 60.9 Å². The number of hydrogen-bond acceptors (Lipinski definition) is 6. The van der Waals surface area contributed by atoms with Gasteiger partial charge < -0.3 is 24.6 Å². The Kier molecular flexibility index (Phi) is 7.53. The number of rotatable bonds is 6. The van der Waals surface area contributed by atoms with Crippen molar-refractivity contribution in [2.75, 3.05) is 31.7 Å². The molecule has 0 unspecified atom stereocenters. The number of esters is 1. The molecule has 1 aliphatic heterocycles. The van der Waals surface area contributed by atoms with Crippen LogP contribution in [0.4, 0.5) is 10.5 Å². The van der Waals surface area contributed by atoms with Gasteiger partial charge in [-0.3, -0.25) is 9.59 Å². The molecule has 1 aliphatic rings. The van der Waals surface area contributed by atoms with Crippen molar-refractivity contribution in [1.82, 2.24) is 20.0 Å². The summed E-state index contributed by atoms with van der Waals surface area (Å²) in [6, 6.07) is 13.9. The summed E-state index contributed by atoms with van der Waals surface area (Å²) in [7, 11) is 1.52. The van der Waals surface area contributed by atoms with E-state index < -0.39 is 12.0 Å². The van der Waals surface area contributed by atoms with E-state index in [-0.39, 0.29) is 38.2 Å². The third kappa shape index (κ3) is 5.17. The number of ether oxygens (including phenoxy) is 2. The summed E-state index contributed by atoms with van der Waals surface area (Å²) in [6.07, 6.45) is 3.49. The van der Waals surface area contributed by atoms with Crippen LogP contribution in [0.1, 0.15) is 29.8 Å². The first kappa shape index (κ1) is 24.8. The molecule has 2 heterocycles. The van der Waals surface area contributed by atoms with Crippen LogP contribution < -0.4 is 15.0 Å². The van der Waals surface area contributed by atoms with Gasteiger partial charge >= 0.3 is 12.0 Å². The van der Waals surface area contributed by atoms with Crippen molar-refractivity contribution >= 4 is 23.6 Å². The number of hydrogen-bond donors (Lipinski definition) is 1. The van der Waals surface area contributed by atoms with Crippen LogP contribution in [-0.4, -0.2) is 65.4 Å². The number of benzene rings is 2. The van der Waals surface area contributed by atoms with Crippen LogP contribution in [-0.2, 0) is 16.1 Å². The van der Waals surface area contributed by atoms with Crippen LogP contribution in [0, 0.1) is 0 Å². The summed E-state index contributed by atoms with van der Waals surface area (Å²) in [5, 5.41) is 6.85. The number of carbonyl (C=O) groups excluding carboxylic acids is 3. The normalized spacial score (nSPS) is 15.0. The molecule has 188 valence electrons. The maximum atomic E-state index is 13.8. The van der Waals surface area contributed by atoms with Gasteiger partial charge in [0.2, 0.25) is 0 Å². The van der Waals surface area contributed by atoms with E-state index >= 15 is 0 Å². The summed E-state index contributed by atoms with van der Waals surface area (Å²) < 4.78 is 12.2. The number of aromatic nitrogens is 2. The first-order chi connectivity index (χ1) is 17.4. The van der Waals surface area contributed by atoms with Crippen molar-refractivity contribution in [3.8, 4) is 11.4 Å². The minimum absolute atomic E-state index is 0.222. The topological polar surface area (TPSA) is 106 Å².